The number of pyridine rings is 1. The fourth-order valence-corrected chi connectivity index (χ4v) is 5.26. The van der Waals surface area contributed by atoms with Crippen molar-refractivity contribution in [1.29, 1.82) is 0 Å². The summed E-state index contributed by atoms with van der Waals surface area (Å²) in [6.07, 6.45) is 12.6. The van der Waals surface area contributed by atoms with E-state index in [1.807, 2.05) is 6.20 Å². The first-order valence-corrected chi connectivity index (χ1v) is 9.45. The van der Waals surface area contributed by atoms with Crippen molar-refractivity contribution in [2.45, 2.75) is 68.6 Å². The van der Waals surface area contributed by atoms with Gasteiger partial charge in [0.15, 0.2) is 0 Å². The predicted molar refractivity (Wildman–Crippen MR) is 90.4 cm³/mol. The van der Waals surface area contributed by atoms with Crippen molar-refractivity contribution in [2.75, 3.05) is 5.75 Å². The molecule has 2 aliphatic rings. The van der Waals surface area contributed by atoms with Gasteiger partial charge >= 0.3 is 0 Å². The van der Waals surface area contributed by atoms with Gasteiger partial charge in [-0.1, -0.05) is 25.3 Å². The summed E-state index contributed by atoms with van der Waals surface area (Å²) in [4.78, 5) is 4.66. The normalized spacial score (nSPS) is 24.5. The van der Waals surface area contributed by atoms with Crippen molar-refractivity contribution >= 4 is 11.8 Å². The van der Waals surface area contributed by atoms with Crippen molar-refractivity contribution in [3.05, 3.63) is 29.6 Å². The zero-order valence-corrected chi connectivity index (χ0v) is 13.6. The lowest BCUT2D eigenvalue weighted by Gasteiger charge is -2.32. The summed E-state index contributed by atoms with van der Waals surface area (Å²) < 4.78 is 0. The highest BCUT2D eigenvalue weighted by Gasteiger charge is 2.29. The number of nitrogens with zero attached hydrogens (tertiary/aromatic N) is 1. The van der Waals surface area contributed by atoms with E-state index in [-0.39, 0.29) is 0 Å². The molecule has 1 fully saturated rings. The molecule has 0 aliphatic heterocycles. The van der Waals surface area contributed by atoms with Crippen LogP contribution in [-0.4, -0.2) is 22.0 Å². The zero-order valence-electron chi connectivity index (χ0n) is 12.8. The van der Waals surface area contributed by atoms with Gasteiger partial charge in [0.2, 0.25) is 0 Å². The molecule has 2 atom stereocenters. The highest BCUT2D eigenvalue weighted by Crippen LogP contribution is 2.35. The van der Waals surface area contributed by atoms with Gasteiger partial charge in [0.05, 0.1) is 0 Å². The van der Waals surface area contributed by atoms with Crippen LogP contribution in [0.3, 0.4) is 0 Å². The van der Waals surface area contributed by atoms with E-state index >= 15 is 0 Å². The lowest BCUT2D eigenvalue weighted by Crippen LogP contribution is -2.43. The highest BCUT2D eigenvalue weighted by atomic mass is 32.2. The third-order valence-corrected chi connectivity index (χ3v) is 6.50. The number of hydrogen-bond acceptors (Lipinski definition) is 4. The first kappa shape index (κ1) is 15.3. The second-order valence-electron chi connectivity index (χ2n) is 6.41. The number of hydrogen-bond donors (Lipinski definition) is 2. The van der Waals surface area contributed by atoms with E-state index < -0.39 is 0 Å². The summed E-state index contributed by atoms with van der Waals surface area (Å²) in [5.41, 5.74) is 5.81. The van der Waals surface area contributed by atoms with E-state index in [1.54, 1.807) is 0 Å². The molecular weight excluding hydrogens is 278 g/mol. The third kappa shape index (κ3) is 3.79. The maximum Gasteiger partial charge on any atom is 0.0482 e. The SMILES string of the molecule is NNC(CSC1CCCCC1)C1CCCc2cccnc21. The average Bonchev–Trinajstić information content (AvgIpc) is 2.56. The highest BCUT2D eigenvalue weighted by molar-refractivity contribution is 7.99. The Bertz CT molecular complexity index is 445. The number of nitrogens with two attached hydrogens (primary N) is 1. The van der Waals surface area contributed by atoms with Crippen LogP contribution < -0.4 is 11.3 Å². The monoisotopic (exact) mass is 305 g/mol. The molecule has 0 aromatic carbocycles. The van der Waals surface area contributed by atoms with Gasteiger partial charge in [-0.2, -0.15) is 11.8 Å². The predicted octanol–water partition coefficient (Wildman–Crippen LogP) is 3.40. The molecule has 1 heterocycles. The fraction of sp³-hybridized carbons (Fsp3) is 0.706. The number of thioether (sulfide) groups is 1. The van der Waals surface area contributed by atoms with Gasteiger partial charge in [0.25, 0.3) is 0 Å². The van der Waals surface area contributed by atoms with E-state index in [4.69, 9.17) is 5.84 Å². The Balaban J connectivity index is 1.63. The topological polar surface area (TPSA) is 50.9 Å². The molecule has 21 heavy (non-hydrogen) atoms. The Labute approximate surface area is 132 Å². The first-order chi connectivity index (χ1) is 10.4. The number of aryl methyl sites for hydroxylation is 1. The summed E-state index contributed by atoms with van der Waals surface area (Å²) in [5, 5.41) is 0.849. The lowest BCUT2D eigenvalue weighted by atomic mass is 9.83. The largest absolute Gasteiger partial charge is 0.271 e. The smallest absolute Gasteiger partial charge is 0.0482 e. The molecule has 4 heteroatoms. The quantitative estimate of drug-likeness (QED) is 0.646. The van der Waals surface area contributed by atoms with Crippen LogP contribution in [0.4, 0.5) is 0 Å². The molecule has 3 N–H and O–H groups in total. The van der Waals surface area contributed by atoms with E-state index in [1.165, 1.54) is 62.6 Å². The van der Waals surface area contributed by atoms with Gasteiger partial charge in [-0.3, -0.25) is 16.3 Å². The fourth-order valence-electron chi connectivity index (χ4n) is 3.79. The van der Waals surface area contributed by atoms with Gasteiger partial charge in [-0.15, -0.1) is 0 Å². The number of hydrazine groups is 1. The second kappa shape index (κ2) is 7.61. The number of nitrogens with one attached hydrogen (secondary N) is 1. The lowest BCUT2D eigenvalue weighted by molar-refractivity contribution is 0.416. The van der Waals surface area contributed by atoms with Crippen LogP contribution in [0.5, 0.6) is 0 Å². The minimum Gasteiger partial charge on any atom is -0.271 e. The Morgan fingerprint density at radius 1 is 1.24 bits per heavy atom. The summed E-state index contributed by atoms with van der Waals surface area (Å²) in [6.45, 7) is 0. The third-order valence-electron chi connectivity index (χ3n) is 5.00. The van der Waals surface area contributed by atoms with E-state index in [2.05, 4.69) is 34.3 Å². The van der Waals surface area contributed by atoms with Crippen LogP contribution in [0, 0.1) is 0 Å². The molecule has 1 saturated carbocycles. The van der Waals surface area contributed by atoms with Crippen LogP contribution in [-0.2, 0) is 6.42 Å². The Kier molecular flexibility index (Phi) is 5.55. The molecule has 0 spiro atoms. The van der Waals surface area contributed by atoms with Crippen molar-refractivity contribution in [2.24, 2.45) is 5.84 Å². The van der Waals surface area contributed by atoms with Crippen LogP contribution in [0.1, 0.15) is 62.1 Å². The molecule has 1 aromatic heterocycles. The van der Waals surface area contributed by atoms with Crippen molar-refractivity contribution in [3.8, 4) is 0 Å². The molecule has 0 saturated heterocycles. The van der Waals surface area contributed by atoms with Crippen LogP contribution in [0.25, 0.3) is 0 Å². The van der Waals surface area contributed by atoms with E-state index in [9.17, 15) is 0 Å². The molecule has 2 aliphatic carbocycles. The van der Waals surface area contributed by atoms with Crippen molar-refractivity contribution in [1.82, 2.24) is 10.4 Å². The van der Waals surface area contributed by atoms with Crippen LogP contribution in [0.2, 0.25) is 0 Å². The van der Waals surface area contributed by atoms with Gasteiger partial charge in [0.1, 0.15) is 0 Å². The molecule has 3 nitrogen and oxygen atoms in total. The van der Waals surface area contributed by atoms with E-state index in [0.29, 0.717) is 12.0 Å². The summed E-state index contributed by atoms with van der Waals surface area (Å²) in [7, 11) is 0. The molecule has 0 radical (unpaired) electrons. The van der Waals surface area contributed by atoms with Crippen LogP contribution >= 0.6 is 11.8 Å². The number of aromatic nitrogens is 1. The maximum atomic E-state index is 5.89. The van der Waals surface area contributed by atoms with Crippen molar-refractivity contribution in [3.63, 3.8) is 0 Å². The molecule has 0 amide bonds. The minimum absolute atomic E-state index is 0.353. The minimum atomic E-state index is 0.353. The Morgan fingerprint density at radius 2 is 2.10 bits per heavy atom. The average molecular weight is 305 g/mol. The van der Waals surface area contributed by atoms with Crippen molar-refractivity contribution < 1.29 is 0 Å². The second-order valence-corrected chi connectivity index (χ2v) is 7.75. The molecule has 116 valence electrons. The Morgan fingerprint density at radius 3 is 2.90 bits per heavy atom. The van der Waals surface area contributed by atoms with Gasteiger partial charge in [-0.05, 0) is 43.7 Å². The first-order valence-electron chi connectivity index (χ1n) is 8.40. The Hall–Kier alpha value is -0.580. The molecule has 2 unspecified atom stereocenters. The maximum absolute atomic E-state index is 5.89. The number of fused-ring (bicyclic) bond motifs is 1. The van der Waals surface area contributed by atoms with Gasteiger partial charge in [-0.25, -0.2) is 0 Å². The summed E-state index contributed by atoms with van der Waals surface area (Å²) in [5.74, 6) is 7.48. The van der Waals surface area contributed by atoms with E-state index in [0.717, 1.165) is 11.0 Å². The molecular formula is C17H27N3S. The molecule has 3 rings (SSSR count). The summed E-state index contributed by atoms with van der Waals surface area (Å²) in [6, 6.07) is 4.64. The standard InChI is InChI=1S/C17H27N3S/c18-20-16(12-21-14-8-2-1-3-9-14)15-10-4-6-13-7-5-11-19-17(13)15/h5,7,11,14-16,20H,1-4,6,8-10,12,18H2. The zero-order chi connectivity index (χ0) is 14.5. The molecule has 1 aromatic rings. The summed E-state index contributed by atoms with van der Waals surface area (Å²) >= 11 is 2.13. The van der Waals surface area contributed by atoms with Crippen LogP contribution in [0.15, 0.2) is 18.3 Å². The number of rotatable bonds is 5. The van der Waals surface area contributed by atoms with Gasteiger partial charge < -0.3 is 0 Å². The van der Waals surface area contributed by atoms with Gasteiger partial charge in [0, 0.05) is 34.9 Å². The molecule has 0 bridgehead atoms.